The number of hydrogen-bond acceptors (Lipinski definition) is 5. The SMILES string of the molecule is Cc1ccc2c(C(=O)[C@H](C#N)C(=O)Nc3ccccn3)csc2c1. The summed E-state index contributed by atoms with van der Waals surface area (Å²) in [4.78, 5) is 28.9. The number of fused-ring (bicyclic) bond motifs is 1. The summed E-state index contributed by atoms with van der Waals surface area (Å²) < 4.78 is 0.958. The second-order valence-corrected chi connectivity index (χ2v) is 6.19. The molecular formula is C18H13N3O2S. The maximum absolute atomic E-state index is 12.7. The standard InChI is InChI=1S/C18H13N3O2S/c1-11-5-6-12-14(10-24-15(12)8-11)17(22)13(9-19)18(23)21-16-4-2-3-7-20-16/h2-8,10,13H,1H3,(H,20,21,23)/t13-/m0/s1. The Bertz CT molecular complexity index is 957. The molecule has 6 heteroatoms. The summed E-state index contributed by atoms with van der Waals surface area (Å²) in [6.45, 7) is 1.97. The van der Waals surface area contributed by atoms with Crippen LogP contribution in [-0.4, -0.2) is 16.7 Å². The van der Waals surface area contributed by atoms with Crippen molar-refractivity contribution in [2.24, 2.45) is 5.92 Å². The molecule has 1 aromatic carbocycles. The number of carbonyl (C=O) groups is 2. The quantitative estimate of drug-likeness (QED) is 0.583. The van der Waals surface area contributed by atoms with Crippen molar-refractivity contribution in [2.75, 3.05) is 5.32 Å². The minimum absolute atomic E-state index is 0.307. The van der Waals surface area contributed by atoms with Crippen LogP contribution in [0.15, 0.2) is 48.0 Å². The number of nitrogens with zero attached hydrogens (tertiary/aromatic N) is 2. The fourth-order valence-electron chi connectivity index (χ4n) is 2.35. The number of pyridine rings is 1. The molecule has 24 heavy (non-hydrogen) atoms. The molecule has 0 aliphatic heterocycles. The van der Waals surface area contributed by atoms with Crippen LogP contribution in [0.25, 0.3) is 10.1 Å². The summed E-state index contributed by atoms with van der Waals surface area (Å²) in [6, 6.07) is 12.5. The number of hydrogen-bond donors (Lipinski definition) is 1. The Labute approximate surface area is 142 Å². The molecule has 2 heterocycles. The molecule has 0 saturated heterocycles. The van der Waals surface area contributed by atoms with Gasteiger partial charge in [0.15, 0.2) is 11.7 Å². The molecule has 0 unspecified atom stereocenters. The third-order valence-electron chi connectivity index (χ3n) is 3.57. The zero-order valence-electron chi connectivity index (χ0n) is 12.8. The zero-order valence-corrected chi connectivity index (χ0v) is 13.6. The lowest BCUT2D eigenvalue weighted by molar-refractivity contribution is -0.117. The minimum Gasteiger partial charge on any atom is -0.309 e. The first kappa shape index (κ1) is 15.8. The van der Waals surface area contributed by atoms with E-state index >= 15 is 0 Å². The highest BCUT2D eigenvalue weighted by Gasteiger charge is 2.29. The van der Waals surface area contributed by atoms with Gasteiger partial charge in [0.25, 0.3) is 5.91 Å². The summed E-state index contributed by atoms with van der Waals surface area (Å²) in [7, 11) is 0. The molecule has 3 aromatic rings. The average molecular weight is 335 g/mol. The van der Waals surface area contributed by atoms with Crippen molar-refractivity contribution in [1.82, 2.24) is 4.98 Å². The molecule has 3 rings (SSSR count). The maximum Gasteiger partial charge on any atom is 0.250 e. The third-order valence-corrected chi connectivity index (χ3v) is 4.51. The highest BCUT2D eigenvalue weighted by atomic mass is 32.1. The molecule has 0 aliphatic rings. The van der Waals surface area contributed by atoms with Crippen molar-refractivity contribution < 1.29 is 9.59 Å². The topological polar surface area (TPSA) is 82.8 Å². The summed E-state index contributed by atoms with van der Waals surface area (Å²) in [5.41, 5.74) is 1.49. The number of thiophene rings is 1. The van der Waals surface area contributed by atoms with E-state index in [1.807, 2.05) is 25.1 Å². The molecule has 1 atom stereocenters. The summed E-state index contributed by atoms with van der Waals surface area (Å²) in [6.07, 6.45) is 1.52. The van der Waals surface area contributed by atoms with Gasteiger partial charge in [0, 0.05) is 27.2 Å². The van der Waals surface area contributed by atoms with Crippen molar-refractivity contribution in [3.63, 3.8) is 0 Å². The van der Waals surface area contributed by atoms with Crippen molar-refractivity contribution >= 4 is 38.9 Å². The molecule has 0 bridgehead atoms. The Morgan fingerprint density at radius 1 is 1.29 bits per heavy atom. The Morgan fingerprint density at radius 3 is 2.83 bits per heavy atom. The first-order valence-electron chi connectivity index (χ1n) is 7.23. The lowest BCUT2D eigenvalue weighted by atomic mass is 9.97. The fourth-order valence-corrected chi connectivity index (χ4v) is 3.40. The molecule has 0 fully saturated rings. The van der Waals surface area contributed by atoms with Crippen LogP contribution in [0.4, 0.5) is 5.82 Å². The number of carbonyl (C=O) groups excluding carboxylic acids is 2. The molecule has 2 aromatic heterocycles. The first-order valence-corrected chi connectivity index (χ1v) is 8.11. The lowest BCUT2D eigenvalue weighted by Gasteiger charge is -2.08. The second kappa shape index (κ2) is 6.60. The van der Waals surface area contributed by atoms with Gasteiger partial charge in [-0.25, -0.2) is 4.98 Å². The predicted octanol–water partition coefficient (Wildman–Crippen LogP) is 3.57. The lowest BCUT2D eigenvalue weighted by Crippen LogP contribution is -2.28. The van der Waals surface area contributed by atoms with Crippen LogP contribution < -0.4 is 5.32 Å². The van der Waals surface area contributed by atoms with Crippen LogP contribution in [0.1, 0.15) is 15.9 Å². The van der Waals surface area contributed by atoms with Crippen LogP contribution >= 0.6 is 11.3 Å². The van der Waals surface area contributed by atoms with Gasteiger partial charge in [-0.2, -0.15) is 5.26 Å². The summed E-state index contributed by atoms with van der Waals surface area (Å²) in [5.74, 6) is -2.28. The monoisotopic (exact) mass is 335 g/mol. The zero-order chi connectivity index (χ0) is 17.1. The van der Waals surface area contributed by atoms with Gasteiger partial charge in [-0.1, -0.05) is 18.2 Å². The Balaban J connectivity index is 1.88. The van der Waals surface area contributed by atoms with Gasteiger partial charge in [0.05, 0.1) is 6.07 Å². The number of aromatic nitrogens is 1. The normalized spacial score (nSPS) is 11.7. The Morgan fingerprint density at radius 2 is 2.12 bits per heavy atom. The molecule has 0 saturated carbocycles. The van der Waals surface area contributed by atoms with Crippen LogP contribution in [0.2, 0.25) is 0 Å². The molecule has 1 N–H and O–H groups in total. The third kappa shape index (κ3) is 3.03. The molecule has 118 valence electrons. The van der Waals surface area contributed by atoms with Gasteiger partial charge in [-0.15, -0.1) is 11.3 Å². The number of Topliss-reactive ketones (excluding diaryl/α,β-unsaturated/α-hetero) is 1. The van der Waals surface area contributed by atoms with Crippen molar-refractivity contribution in [3.05, 3.63) is 59.1 Å². The predicted molar refractivity (Wildman–Crippen MR) is 92.9 cm³/mol. The highest BCUT2D eigenvalue weighted by molar-refractivity contribution is 7.17. The molecule has 0 spiro atoms. The smallest absolute Gasteiger partial charge is 0.250 e. The van der Waals surface area contributed by atoms with Crippen LogP contribution in [0, 0.1) is 24.2 Å². The Hall–Kier alpha value is -3.04. The van der Waals surface area contributed by atoms with E-state index in [2.05, 4.69) is 10.3 Å². The fraction of sp³-hybridized carbons (Fsp3) is 0.111. The minimum atomic E-state index is -1.41. The van der Waals surface area contributed by atoms with Gasteiger partial charge in [-0.3, -0.25) is 9.59 Å². The number of amides is 1. The van der Waals surface area contributed by atoms with Crippen molar-refractivity contribution in [1.29, 1.82) is 5.26 Å². The molecule has 0 radical (unpaired) electrons. The molecule has 0 aliphatic carbocycles. The molecule has 5 nitrogen and oxygen atoms in total. The summed E-state index contributed by atoms with van der Waals surface area (Å²) >= 11 is 1.43. The number of aryl methyl sites for hydroxylation is 1. The van der Waals surface area contributed by atoms with E-state index in [9.17, 15) is 14.9 Å². The highest BCUT2D eigenvalue weighted by Crippen LogP contribution is 2.29. The van der Waals surface area contributed by atoms with E-state index < -0.39 is 17.6 Å². The van der Waals surface area contributed by atoms with E-state index in [0.29, 0.717) is 11.4 Å². The second-order valence-electron chi connectivity index (χ2n) is 5.28. The maximum atomic E-state index is 12.7. The van der Waals surface area contributed by atoms with E-state index in [0.717, 1.165) is 15.6 Å². The number of rotatable bonds is 4. The largest absolute Gasteiger partial charge is 0.309 e. The van der Waals surface area contributed by atoms with Gasteiger partial charge < -0.3 is 5.32 Å². The van der Waals surface area contributed by atoms with Crippen molar-refractivity contribution in [2.45, 2.75) is 6.92 Å². The number of benzene rings is 1. The van der Waals surface area contributed by atoms with E-state index in [-0.39, 0.29) is 0 Å². The summed E-state index contributed by atoms with van der Waals surface area (Å²) in [5, 5.41) is 14.3. The van der Waals surface area contributed by atoms with E-state index in [1.165, 1.54) is 17.5 Å². The van der Waals surface area contributed by atoms with E-state index in [4.69, 9.17) is 0 Å². The van der Waals surface area contributed by atoms with Crippen LogP contribution in [0.5, 0.6) is 0 Å². The van der Waals surface area contributed by atoms with Gasteiger partial charge in [-0.05, 0) is 30.7 Å². The Kier molecular flexibility index (Phi) is 4.36. The van der Waals surface area contributed by atoms with E-state index in [1.54, 1.807) is 29.6 Å². The molecule has 1 amide bonds. The van der Waals surface area contributed by atoms with Gasteiger partial charge >= 0.3 is 0 Å². The average Bonchev–Trinajstić information content (AvgIpc) is 2.99. The molecular weight excluding hydrogens is 322 g/mol. The number of anilines is 1. The van der Waals surface area contributed by atoms with Crippen LogP contribution in [-0.2, 0) is 4.79 Å². The van der Waals surface area contributed by atoms with Gasteiger partial charge in [0.1, 0.15) is 5.82 Å². The number of nitriles is 1. The number of ketones is 1. The van der Waals surface area contributed by atoms with Gasteiger partial charge in [0.2, 0.25) is 0 Å². The van der Waals surface area contributed by atoms with Crippen LogP contribution in [0.3, 0.4) is 0 Å². The van der Waals surface area contributed by atoms with Crippen molar-refractivity contribution in [3.8, 4) is 6.07 Å². The number of nitrogens with one attached hydrogen (secondary N) is 1. The first-order chi connectivity index (χ1) is 11.6.